The smallest absolute Gasteiger partial charge is 0.214 e. The number of aromatic nitrogens is 2. The van der Waals surface area contributed by atoms with Crippen LogP contribution in [0.4, 0.5) is 4.39 Å². The van der Waals surface area contributed by atoms with E-state index >= 15 is 0 Å². The Bertz CT molecular complexity index is 456. The zero-order chi connectivity index (χ0) is 10.1. The number of benzene rings is 1. The molecule has 0 unspecified atom stereocenters. The summed E-state index contributed by atoms with van der Waals surface area (Å²) in [5, 5.41) is 3.57. The van der Waals surface area contributed by atoms with Crippen molar-refractivity contribution >= 4 is 15.9 Å². The first kappa shape index (κ1) is 9.33. The van der Waals surface area contributed by atoms with Gasteiger partial charge in [-0.05, 0) is 24.6 Å². The number of hydrogen-bond donors (Lipinski definition) is 0. The molecule has 0 fully saturated rings. The van der Waals surface area contributed by atoms with Crippen molar-refractivity contribution in [2.75, 3.05) is 0 Å². The van der Waals surface area contributed by atoms with E-state index in [1.165, 1.54) is 12.5 Å². The summed E-state index contributed by atoms with van der Waals surface area (Å²) in [6.07, 6.45) is 1.17. The number of aryl methyl sites for hydroxylation is 1. The van der Waals surface area contributed by atoms with Gasteiger partial charge < -0.3 is 4.52 Å². The Morgan fingerprint density at radius 3 is 2.86 bits per heavy atom. The van der Waals surface area contributed by atoms with Crippen LogP contribution in [0.5, 0.6) is 0 Å². The molecule has 0 N–H and O–H groups in total. The van der Waals surface area contributed by atoms with Crippen molar-refractivity contribution in [2.24, 2.45) is 0 Å². The molecule has 0 saturated carbocycles. The number of hydrogen-bond acceptors (Lipinski definition) is 3. The fourth-order valence-electron chi connectivity index (χ4n) is 1.11. The van der Waals surface area contributed by atoms with E-state index in [4.69, 9.17) is 0 Å². The molecule has 0 spiro atoms. The molecule has 3 nitrogen and oxygen atoms in total. The number of rotatable bonds is 1. The summed E-state index contributed by atoms with van der Waals surface area (Å²) in [6.45, 7) is 1.81. The lowest BCUT2D eigenvalue weighted by molar-refractivity contribution is 0.418. The monoisotopic (exact) mass is 256 g/mol. The van der Waals surface area contributed by atoms with Crippen LogP contribution in [0.3, 0.4) is 0 Å². The molecule has 0 bridgehead atoms. The summed E-state index contributed by atoms with van der Waals surface area (Å²) < 4.78 is 18.8. The molecule has 1 heterocycles. The summed E-state index contributed by atoms with van der Waals surface area (Å²) in [4.78, 5) is 3.78. The third kappa shape index (κ3) is 1.55. The first-order chi connectivity index (χ1) is 6.68. The van der Waals surface area contributed by atoms with Gasteiger partial charge in [-0.1, -0.05) is 21.1 Å². The second-order valence-corrected chi connectivity index (χ2v) is 3.69. The van der Waals surface area contributed by atoms with Crippen LogP contribution >= 0.6 is 15.9 Å². The predicted octanol–water partition coefficient (Wildman–Crippen LogP) is 2.95. The SMILES string of the molecule is Cc1cc(F)c(-c2ncon2)cc1Br. The Hall–Kier alpha value is -1.23. The van der Waals surface area contributed by atoms with Gasteiger partial charge in [0.2, 0.25) is 12.2 Å². The van der Waals surface area contributed by atoms with Gasteiger partial charge in [-0.25, -0.2) is 4.39 Å². The van der Waals surface area contributed by atoms with Gasteiger partial charge in [0.05, 0.1) is 5.56 Å². The molecule has 72 valence electrons. The molecule has 14 heavy (non-hydrogen) atoms. The third-order valence-corrected chi connectivity index (χ3v) is 2.70. The maximum Gasteiger partial charge on any atom is 0.214 e. The molecule has 5 heteroatoms. The van der Waals surface area contributed by atoms with Gasteiger partial charge in [-0.3, -0.25) is 0 Å². The third-order valence-electron chi connectivity index (χ3n) is 1.85. The maximum atomic E-state index is 13.5. The molecule has 0 aliphatic rings. The quantitative estimate of drug-likeness (QED) is 0.788. The molecule has 0 aliphatic heterocycles. The van der Waals surface area contributed by atoms with Gasteiger partial charge in [-0.2, -0.15) is 4.98 Å². The summed E-state index contributed by atoms with van der Waals surface area (Å²) in [6, 6.07) is 3.06. The lowest BCUT2D eigenvalue weighted by Gasteiger charge is -2.01. The van der Waals surface area contributed by atoms with Crippen LogP contribution in [0, 0.1) is 12.7 Å². The topological polar surface area (TPSA) is 38.9 Å². The molecular weight excluding hydrogens is 251 g/mol. The van der Waals surface area contributed by atoms with E-state index in [2.05, 4.69) is 30.6 Å². The molecule has 0 radical (unpaired) electrons. The molecule has 2 rings (SSSR count). The summed E-state index contributed by atoms with van der Waals surface area (Å²) in [7, 11) is 0. The molecule has 2 aromatic rings. The molecule has 0 aliphatic carbocycles. The van der Waals surface area contributed by atoms with Crippen LogP contribution in [0.2, 0.25) is 0 Å². The fourth-order valence-corrected chi connectivity index (χ4v) is 1.45. The average molecular weight is 257 g/mol. The van der Waals surface area contributed by atoms with Gasteiger partial charge in [0, 0.05) is 4.47 Å². The highest BCUT2D eigenvalue weighted by molar-refractivity contribution is 9.10. The number of nitrogens with zero attached hydrogens (tertiary/aromatic N) is 2. The minimum absolute atomic E-state index is 0.253. The van der Waals surface area contributed by atoms with Crippen LogP contribution < -0.4 is 0 Å². The Morgan fingerprint density at radius 1 is 1.43 bits per heavy atom. The van der Waals surface area contributed by atoms with Crippen LogP contribution in [0.15, 0.2) is 27.5 Å². The van der Waals surface area contributed by atoms with Gasteiger partial charge >= 0.3 is 0 Å². The van der Waals surface area contributed by atoms with Gasteiger partial charge in [0.25, 0.3) is 0 Å². The summed E-state index contributed by atoms with van der Waals surface area (Å²) in [5.74, 6) is -0.102. The van der Waals surface area contributed by atoms with Crippen LogP contribution in [-0.2, 0) is 0 Å². The highest BCUT2D eigenvalue weighted by Crippen LogP contribution is 2.26. The average Bonchev–Trinajstić information content (AvgIpc) is 2.64. The van der Waals surface area contributed by atoms with Gasteiger partial charge in [-0.15, -0.1) is 0 Å². The fraction of sp³-hybridized carbons (Fsp3) is 0.111. The molecule has 0 saturated heterocycles. The summed E-state index contributed by atoms with van der Waals surface area (Å²) >= 11 is 3.31. The predicted molar refractivity (Wildman–Crippen MR) is 52.1 cm³/mol. The van der Waals surface area contributed by atoms with Gasteiger partial charge in [0.1, 0.15) is 5.82 Å². The van der Waals surface area contributed by atoms with Gasteiger partial charge in [0.15, 0.2) is 0 Å². The number of halogens is 2. The maximum absolute atomic E-state index is 13.5. The Labute approximate surface area is 88.1 Å². The van der Waals surface area contributed by atoms with E-state index in [0.717, 1.165) is 10.0 Å². The van der Waals surface area contributed by atoms with Crippen molar-refractivity contribution in [2.45, 2.75) is 6.92 Å². The highest BCUT2D eigenvalue weighted by atomic mass is 79.9. The molecule has 0 amide bonds. The lowest BCUT2D eigenvalue weighted by Crippen LogP contribution is -1.88. The van der Waals surface area contributed by atoms with Crippen LogP contribution in [0.1, 0.15) is 5.56 Å². The zero-order valence-corrected chi connectivity index (χ0v) is 8.88. The molecule has 1 aromatic heterocycles. The first-order valence-electron chi connectivity index (χ1n) is 3.91. The Morgan fingerprint density at radius 2 is 2.21 bits per heavy atom. The minimum Gasteiger partial charge on any atom is -0.342 e. The van der Waals surface area contributed by atoms with E-state index in [9.17, 15) is 4.39 Å². The molecular formula is C9H6BrFN2O. The minimum atomic E-state index is -0.355. The van der Waals surface area contributed by atoms with Crippen molar-refractivity contribution in [3.8, 4) is 11.4 Å². The second kappa shape index (κ2) is 3.49. The van der Waals surface area contributed by atoms with Crippen LogP contribution in [0.25, 0.3) is 11.4 Å². The zero-order valence-electron chi connectivity index (χ0n) is 7.29. The van der Waals surface area contributed by atoms with E-state index in [1.807, 2.05) is 6.92 Å². The Kier molecular flexibility index (Phi) is 2.33. The van der Waals surface area contributed by atoms with E-state index < -0.39 is 0 Å². The standard InChI is InChI=1S/C9H6BrFN2O/c1-5-2-8(11)6(3-7(5)10)9-12-4-14-13-9/h2-4H,1H3. The normalized spacial score (nSPS) is 10.5. The first-order valence-corrected chi connectivity index (χ1v) is 4.70. The molecule has 0 atom stereocenters. The van der Waals surface area contributed by atoms with E-state index in [1.54, 1.807) is 6.07 Å². The lowest BCUT2D eigenvalue weighted by atomic mass is 10.1. The van der Waals surface area contributed by atoms with Crippen molar-refractivity contribution in [1.29, 1.82) is 0 Å². The largest absolute Gasteiger partial charge is 0.342 e. The summed E-state index contributed by atoms with van der Waals surface area (Å²) in [5.41, 5.74) is 1.16. The van der Waals surface area contributed by atoms with Crippen LogP contribution in [-0.4, -0.2) is 10.1 Å². The molecule has 1 aromatic carbocycles. The second-order valence-electron chi connectivity index (χ2n) is 2.84. The Balaban J connectivity index is 2.60. The van der Waals surface area contributed by atoms with Crippen molar-refractivity contribution in [3.05, 3.63) is 34.4 Å². The van der Waals surface area contributed by atoms with Crippen molar-refractivity contribution in [1.82, 2.24) is 10.1 Å². The van der Waals surface area contributed by atoms with E-state index in [0.29, 0.717) is 5.56 Å². The van der Waals surface area contributed by atoms with Crippen molar-refractivity contribution in [3.63, 3.8) is 0 Å². The van der Waals surface area contributed by atoms with E-state index in [-0.39, 0.29) is 11.6 Å². The van der Waals surface area contributed by atoms with Crippen molar-refractivity contribution < 1.29 is 8.91 Å². The highest BCUT2D eigenvalue weighted by Gasteiger charge is 2.11.